The van der Waals surface area contributed by atoms with E-state index in [4.69, 9.17) is 9.47 Å². The first-order chi connectivity index (χ1) is 13.8. The van der Waals surface area contributed by atoms with E-state index in [0.717, 1.165) is 62.0 Å². The third-order valence-corrected chi connectivity index (χ3v) is 4.44. The number of unbranched alkanes of at least 4 members (excludes halogenated alkanes) is 4. The maximum absolute atomic E-state index is 5.88. The Morgan fingerprint density at radius 3 is 1.79 bits per heavy atom. The summed E-state index contributed by atoms with van der Waals surface area (Å²) in [5, 5.41) is 6.88. The quantitative estimate of drug-likeness (QED) is 0.351. The van der Waals surface area contributed by atoms with Crippen molar-refractivity contribution in [2.45, 2.75) is 52.4 Å². The van der Waals surface area contributed by atoms with Gasteiger partial charge in [-0.25, -0.2) is 0 Å². The second kappa shape index (κ2) is 13.8. The third kappa shape index (κ3) is 9.03. The average Bonchev–Trinajstić information content (AvgIpc) is 2.73. The third-order valence-electron chi connectivity index (χ3n) is 4.44. The van der Waals surface area contributed by atoms with Crippen molar-refractivity contribution in [1.29, 1.82) is 0 Å². The lowest BCUT2D eigenvalue weighted by molar-refractivity contribution is 0.304. The Balaban J connectivity index is 1.66. The maximum Gasteiger partial charge on any atom is 0.121 e. The van der Waals surface area contributed by atoms with Crippen LogP contribution in [0.4, 0.5) is 11.4 Å². The SMILES string of the molecule is CCCCCCCOc1cccc(NCCNc2cccc(OCCC)c2)c1. The second-order valence-electron chi connectivity index (χ2n) is 7.02. The maximum atomic E-state index is 5.88. The van der Waals surface area contributed by atoms with Crippen molar-refractivity contribution in [3.8, 4) is 11.5 Å². The molecular formula is C24H36N2O2. The first-order valence-corrected chi connectivity index (χ1v) is 10.7. The van der Waals surface area contributed by atoms with E-state index in [1.807, 2.05) is 30.3 Å². The lowest BCUT2D eigenvalue weighted by Gasteiger charge is -2.12. The van der Waals surface area contributed by atoms with Crippen LogP contribution < -0.4 is 20.1 Å². The van der Waals surface area contributed by atoms with Crippen LogP contribution in [0, 0.1) is 0 Å². The average molecular weight is 385 g/mol. The molecule has 28 heavy (non-hydrogen) atoms. The largest absolute Gasteiger partial charge is 0.494 e. The van der Waals surface area contributed by atoms with Crippen LogP contribution in [0.2, 0.25) is 0 Å². The lowest BCUT2D eigenvalue weighted by Crippen LogP contribution is -2.13. The number of hydrogen-bond acceptors (Lipinski definition) is 4. The summed E-state index contributed by atoms with van der Waals surface area (Å²) in [4.78, 5) is 0. The summed E-state index contributed by atoms with van der Waals surface area (Å²) in [7, 11) is 0. The molecule has 0 spiro atoms. The summed E-state index contributed by atoms with van der Waals surface area (Å²) in [6, 6.07) is 16.3. The molecule has 2 rings (SSSR count). The van der Waals surface area contributed by atoms with E-state index < -0.39 is 0 Å². The minimum atomic E-state index is 0.752. The van der Waals surface area contributed by atoms with Gasteiger partial charge >= 0.3 is 0 Å². The van der Waals surface area contributed by atoms with Crippen LogP contribution in [-0.4, -0.2) is 26.3 Å². The number of ether oxygens (including phenoxy) is 2. The first-order valence-electron chi connectivity index (χ1n) is 10.7. The molecule has 0 heterocycles. The molecule has 0 aliphatic carbocycles. The van der Waals surface area contributed by atoms with Crippen LogP contribution in [-0.2, 0) is 0 Å². The van der Waals surface area contributed by atoms with Crippen molar-refractivity contribution < 1.29 is 9.47 Å². The molecular weight excluding hydrogens is 348 g/mol. The fourth-order valence-electron chi connectivity index (χ4n) is 2.92. The zero-order valence-corrected chi connectivity index (χ0v) is 17.5. The molecule has 0 radical (unpaired) electrons. The van der Waals surface area contributed by atoms with E-state index >= 15 is 0 Å². The molecule has 0 amide bonds. The van der Waals surface area contributed by atoms with Crippen molar-refractivity contribution in [1.82, 2.24) is 0 Å². The molecule has 0 aliphatic heterocycles. The number of benzene rings is 2. The van der Waals surface area contributed by atoms with Crippen molar-refractivity contribution in [2.75, 3.05) is 36.9 Å². The minimum Gasteiger partial charge on any atom is -0.494 e. The molecule has 2 N–H and O–H groups in total. The predicted molar refractivity (Wildman–Crippen MR) is 120 cm³/mol. The van der Waals surface area contributed by atoms with E-state index in [1.54, 1.807) is 0 Å². The molecule has 0 atom stereocenters. The molecule has 2 aromatic carbocycles. The van der Waals surface area contributed by atoms with Crippen LogP contribution >= 0.6 is 0 Å². The van der Waals surface area contributed by atoms with Gasteiger partial charge in [0.05, 0.1) is 13.2 Å². The van der Waals surface area contributed by atoms with E-state index in [-0.39, 0.29) is 0 Å². The van der Waals surface area contributed by atoms with Crippen LogP contribution in [0.1, 0.15) is 52.4 Å². The fraction of sp³-hybridized carbons (Fsp3) is 0.500. The van der Waals surface area contributed by atoms with Gasteiger partial charge in [0.25, 0.3) is 0 Å². The predicted octanol–water partition coefficient (Wildman–Crippen LogP) is 6.35. The van der Waals surface area contributed by atoms with Gasteiger partial charge in [-0.05, 0) is 37.1 Å². The van der Waals surface area contributed by atoms with E-state index in [9.17, 15) is 0 Å². The Morgan fingerprint density at radius 1 is 0.643 bits per heavy atom. The molecule has 2 aromatic rings. The molecule has 0 saturated heterocycles. The highest BCUT2D eigenvalue weighted by atomic mass is 16.5. The van der Waals surface area contributed by atoms with Crippen molar-refractivity contribution in [3.05, 3.63) is 48.5 Å². The Morgan fingerprint density at radius 2 is 1.21 bits per heavy atom. The zero-order valence-electron chi connectivity index (χ0n) is 17.5. The molecule has 0 saturated carbocycles. The molecule has 154 valence electrons. The molecule has 0 unspecified atom stereocenters. The van der Waals surface area contributed by atoms with Crippen LogP contribution in [0.25, 0.3) is 0 Å². The van der Waals surface area contributed by atoms with Gasteiger partial charge in [0.2, 0.25) is 0 Å². The highest BCUT2D eigenvalue weighted by Crippen LogP contribution is 2.19. The summed E-state index contributed by atoms with van der Waals surface area (Å²) in [5.41, 5.74) is 2.17. The Bertz CT molecular complexity index is 661. The second-order valence-corrected chi connectivity index (χ2v) is 7.02. The number of rotatable bonds is 15. The van der Waals surface area contributed by atoms with Gasteiger partial charge in [-0.2, -0.15) is 0 Å². The van der Waals surface area contributed by atoms with Crippen LogP contribution in [0.5, 0.6) is 11.5 Å². The molecule has 0 aromatic heterocycles. The van der Waals surface area contributed by atoms with Gasteiger partial charge in [-0.3, -0.25) is 0 Å². The fourth-order valence-corrected chi connectivity index (χ4v) is 2.92. The molecule has 4 nitrogen and oxygen atoms in total. The van der Waals surface area contributed by atoms with Gasteiger partial charge in [0.15, 0.2) is 0 Å². The van der Waals surface area contributed by atoms with Crippen molar-refractivity contribution in [3.63, 3.8) is 0 Å². The molecule has 0 fully saturated rings. The lowest BCUT2D eigenvalue weighted by atomic mass is 10.2. The van der Waals surface area contributed by atoms with Gasteiger partial charge in [0.1, 0.15) is 11.5 Å². The normalized spacial score (nSPS) is 10.5. The van der Waals surface area contributed by atoms with Gasteiger partial charge in [-0.15, -0.1) is 0 Å². The minimum absolute atomic E-state index is 0.752. The molecule has 0 bridgehead atoms. The summed E-state index contributed by atoms with van der Waals surface area (Å²) in [5.74, 6) is 1.86. The number of nitrogens with one attached hydrogen (secondary N) is 2. The van der Waals surface area contributed by atoms with Gasteiger partial charge in [0, 0.05) is 36.6 Å². The Hall–Kier alpha value is -2.36. The van der Waals surface area contributed by atoms with E-state index in [2.05, 4.69) is 42.7 Å². The summed E-state index contributed by atoms with van der Waals surface area (Å²) >= 11 is 0. The van der Waals surface area contributed by atoms with Crippen molar-refractivity contribution >= 4 is 11.4 Å². The Kier molecular flexibility index (Phi) is 10.8. The van der Waals surface area contributed by atoms with Crippen molar-refractivity contribution in [2.24, 2.45) is 0 Å². The van der Waals surface area contributed by atoms with Crippen LogP contribution in [0.15, 0.2) is 48.5 Å². The van der Waals surface area contributed by atoms with Crippen LogP contribution in [0.3, 0.4) is 0 Å². The highest BCUT2D eigenvalue weighted by Gasteiger charge is 1.99. The Labute approximate surface area is 170 Å². The van der Waals surface area contributed by atoms with E-state index in [0.29, 0.717) is 0 Å². The standard InChI is InChI=1S/C24H36N2O2/c1-3-5-6-7-8-18-28-24-14-10-12-22(20-24)26-16-15-25-21-11-9-13-23(19-21)27-17-4-2/h9-14,19-20,25-26H,3-8,15-18H2,1-2H3. The number of anilines is 2. The highest BCUT2D eigenvalue weighted by molar-refractivity contribution is 5.50. The monoisotopic (exact) mass is 384 g/mol. The topological polar surface area (TPSA) is 42.5 Å². The summed E-state index contributed by atoms with van der Waals surface area (Å²) < 4.78 is 11.6. The van der Waals surface area contributed by atoms with Gasteiger partial charge < -0.3 is 20.1 Å². The first kappa shape index (κ1) is 21.9. The van der Waals surface area contributed by atoms with Gasteiger partial charge in [-0.1, -0.05) is 51.7 Å². The smallest absolute Gasteiger partial charge is 0.121 e. The molecule has 4 heteroatoms. The van der Waals surface area contributed by atoms with E-state index in [1.165, 1.54) is 25.7 Å². The zero-order chi connectivity index (χ0) is 19.9. The summed E-state index contributed by atoms with van der Waals surface area (Å²) in [6.45, 7) is 7.57. The number of hydrogen-bond donors (Lipinski definition) is 2. The summed E-state index contributed by atoms with van der Waals surface area (Å²) in [6.07, 6.45) is 7.31. The molecule has 0 aliphatic rings.